The van der Waals surface area contributed by atoms with E-state index in [2.05, 4.69) is 24.8 Å². The smallest absolute Gasteiger partial charge is 0.166 e. The summed E-state index contributed by atoms with van der Waals surface area (Å²) in [7, 11) is 0. The molecule has 1 atom stereocenters. The molecule has 0 aliphatic carbocycles. The van der Waals surface area contributed by atoms with Gasteiger partial charge in [0, 0.05) is 30.8 Å². The van der Waals surface area contributed by atoms with Gasteiger partial charge in [-0.05, 0) is 18.1 Å². The Morgan fingerprint density at radius 3 is 2.88 bits per heavy atom. The summed E-state index contributed by atoms with van der Waals surface area (Å²) in [6.07, 6.45) is 1.85. The Kier molecular flexibility index (Phi) is 3.28. The van der Waals surface area contributed by atoms with Crippen molar-refractivity contribution in [1.82, 2.24) is 0 Å². The molecule has 1 aromatic carbocycles. The molecule has 2 nitrogen and oxygen atoms in total. The summed E-state index contributed by atoms with van der Waals surface area (Å²) in [5, 5.41) is 0. The van der Waals surface area contributed by atoms with E-state index in [9.17, 15) is 4.79 Å². The molecule has 0 spiro atoms. The maximum Gasteiger partial charge on any atom is 0.166 e. The largest absolute Gasteiger partial charge is 0.370 e. The first-order valence-corrected chi connectivity index (χ1v) is 6.09. The van der Waals surface area contributed by atoms with Crippen LogP contribution in [0.5, 0.6) is 0 Å². The normalized spacial score (nSPS) is 17.1. The third-order valence-electron chi connectivity index (χ3n) is 3.38. The van der Waals surface area contributed by atoms with E-state index in [0.717, 1.165) is 24.3 Å². The Morgan fingerprint density at radius 1 is 1.38 bits per heavy atom. The summed E-state index contributed by atoms with van der Waals surface area (Å²) in [5.41, 5.74) is 2.02. The van der Waals surface area contributed by atoms with E-state index in [-0.39, 0.29) is 5.78 Å². The summed E-state index contributed by atoms with van der Waals surface area (Å²) in [6, 6.07) is 7.97. The zero-order valence-corrected chi connectivity index (χ0v) is 10.1. The number of para-hydroxylation sites is 1. The SMILES string of the molecule is CCC(C)CN1CCC(=O)c2ccccc21. The molecule has 16 heavy (non-hydrogen) atoms. The number of hydrogen-bond acceptors (Lipinski definition) is 2. The molecule has 0 fully saturated rings. The van der Waals surface area contributed by atoms with Crippen molar-refractivity contribution < 1.29 is 4.79 Å². The molecule has 1 aromatic rings. The van der Waals surface area contributed by atoms with Gasteiger partial charge in [0.05, 0.1) is 0 Å². The van der Waals surface area contributed by atoms with Gasteiger partial charge in [0.15, 0.2) is 5.78 Å². The highest BCUT2D eigenvalue weighted by atomic mass is 16.1. The molecule has 0 saturated carbocycles. The second-order valence-electron chi connectivity index (χ2n) is 4.65. The van der Waals surface area contributed by atoms with Gasteiger partial charge in [-0.1, -0.05) is 32.4 Å². The van der Waals surface area contributed by atoms with E-state index in [4.69, 9.17) is 0 Å². The molecule has 1 heterocycles. The standard InChI is InChI=1S/C14H19NO/c1-3-11(2)10-15-9-8-14(16)12-6-4-5-7-13(12)15/h4-7,11H,3,8-10H2,1-2H3. The molecule has 2 rings (SSSR count). The van der Waals surface area contributed by atoms with Crippen LogP contribution >= 0.6 is 0 Å². The molecule has 0 aromatic heterocycles. The molecule has 0 bridgehead atoms. The van der Waals surface area contributed by atoms with Crippen molar-refractivity contribution >= 4 is 11.5 Å². The van der Waals surface area contributed by atoms with Crippen LogP contribution in [0.3, 0.4) is 0 Å². The average Bonchev–Trinajstić information content (AvgIpc) is 2.33. The first-order chi connectivity index (χ1) is 7.72. The minimum absolute atomic E-state index is 0.288. The average molecular weight is 217 g/mol. The van der Waals surface area contributed by atoms with Crippen LogP contribution in [0.15, 0.2) is 24.3 Å². The summed E-state index contributed by atoms with van der Waals surface area (Å²) in [6.45, 7) is 6.41. The Balaban J connectivity index is 2.24. The number of nitrogens with zero attached hydrogens (tertiary/aromatic N) is 1. The van der Waals surface area contributed by atoms with Gasteiger partial charge < -0.3 is 4.90 Å². The third kappa shape index (κ3) is 2.11. The number of ketones is 1. The lowest BCUT2D eigenvalue weighted by molar-refractivity contribution is 0.0979. The molecule has 0 amide bonds. The molecule has 86 valence electrons. The van der Waals surface area contributed by atoms with Gasteiger partial charge in [-0.15, -0.1) is 0 Å². The minimum atomic E-state index is 0.288. The predicted octanol–water partition coefficient (Wildman–Crippen LogP) is 3.13. The Labute approximate surface area is 97.3 Å². The van der Waals surface area contributed by atoms with Crippen LogP contribution < -0.4 is 4.90 Å². The van der Waals surface area contributed by atoms with Crippen LogP contribution in [0.4, 0.5) is 5.69 Å². The van der Waals surface area contributed by atoms with E-state index in [0.29, 0.717) is 12.3 Å². The second kappa shape index (κ2) is 4.69. The fourth-order valence-corrected chi connectivity index (χ4v) is 2.17. The summed E-state index contributed by atoms with van der Waals surface area (Å²) < 4.78 is 0. The van der Waals surface area contributed by atoms with E-state index in [1.54, 1.807) is 0 Å². The highest BCUT2D eigenvalue weighted by molar-refractivity contribution is 6.03. The highest BCUT2D eigenvalue weighted by Crippen LogP contribution is 2.27. The summed E-state index contributed by atoms with van der Waals surface area (Å²) in [4.78, 5) is 14.1. The molecule has 1 aliphatic rings. The number of anilines is 1. The number of rotatable bonds is 3. The maximum absolute atomic E-state index is 11.8. The van der Waals surface area contributed by atoms with Crippen LogP contribution in [0.1, 0.15) is 37.0 Å². The van der Waals surface area contributed by atoms with Crippen LogP contribution in [0, 0.1) is 5.92 Å². The molecule has 0 saturated heterocycles. The van der Waals surface area contributed by atoms with Crippen LogP contribution in [-0.2, 0) is 0 Å². The molecule has 2 heteroatoms. The zero-order valence-electron chi connectivity index (χ0n) is 10.1. The minimum Gasteiger partial charge on any atom is -0.370 e. The summed E-state index contributed by atoms with van der Waals surface area (Å²) >= 11 is 0. The Hall–Kier alpha value is -1.31. The van der Waals surface area contributed by atoms with Crippen molar-refractivity contribution in [2.24, 2.45) is 5.92 Å². The molecular weight excluding hydrogens is 198 g/mol. The highest BCUT2D eigenvalue weighted by Gasteiger charge is 2.22. The lowest BCUT2D eigenvalue weighted by Crippen LogP contribution is -2.35. The molecular formula is C14H19NO. The van der Waals surface area contributed by atoms with E-state index < -0.39 is 0 Å². The zero-order chi connectivity index (χ0) is 11.5. The van der Waals surface area contributed by atoms with E-state index in [1.807, 2.05) is 18.2 Å². The lowest BCUT2D eigenvalue weighted by atomic mass is 9.98. The monoisotopic (exact) mass is 217 g/mol. The summed E-state index contributed by atoms with van der Waals surface area (Å²) in [5.74, 6) is 0.970. The first-order valence-electron chi connectivity index (χ1n) is 6.09. The number of carbonyl (C=O) groups is 1. The number of benzene rings is 1. The number of carbonyl (C=O) groups excluding carboxylic acids is 1. The molecule has 1 aliphatic heterocycles. The fraction of sp³-hybridized carbons (Fsp3) is 0.500. The van der Waals surface area contributed by atoms with Crippen LogP contribution in [0.2, 0.25) is 0 Å². The van der Waals surface area contributed by atoms with E-state index in [1.165, 1.54) is 6.42 Å². The van der Waals surface area contributed by atoms with Crippen molar-refractivity contribution in [2.75, 3.05) is 18.0 Å². The Morgan fingerprint density at radius 2 is 2.12 bits per heavy atom. The van der Waals surface area contributed by atoms with Gasteiger partial charge in [0.25, 0.3) is 0 Å². The van der Waals surface area contributed by atoms with Crippen molar-refractivity contribution in [3.63, 3.8) is 0 Å². The van der Waals surface area contributed by atoms with Gasteiger partial charge in [-0.25, -0.2) is 0 Å². The predicted molar refractivity (Wildman–Crippen MR) is 67.1 cm³/mol. The molecule has 1 unspecified atom stereocenters. The molecule has 0 radical (unpaired) electrons. The van der Waals surface area contributed by atoms with Gasteiger partial charge in [0.1, 0.15) is 0 Å². The van der Waals surface area contributed by atoms with Crippen LogP contribution in [0.25, 0.3) is 0 Å². The number of hydrogen-bond donors (Lipinski definition) is 0. The van der Waals surface area contributed by atoms with Gasteiger partial charge in [-0.3, -0.25) is 4.79 Å². The lowest BCUT2D eigenvalue weighted by Gasteiger charge is -2.32. The molecule has 0 N–H and O–H groups in total. The van der Waals surface area contributed by atoms with Gasteiger partial charge in [0.2, 0.25) is 0 Å². The van der Waals surface area contributed by atoms with Crippen molar-refractivity contribution in [2.45, 2.75) is 26.7 Å². The third-order valence-corrected chi connectivity index (χ3v) is 3.38. The quantitative estimate of drug-likeness (QED) is 0.775. The first kappa shape index (κ1) is 11.2. The van der Waals surface area contributed by atoms with E-state index >= 15 is 0 Å². The maximum atomic E-state index is 11.8. The van der Waals surface area contributed by atoms with Crippen molar-refractivity contribution in [3.8, 4) is 0 Å². The Bertz CT molecular complexity index is 386. The topological polar surface area (TPSA) is 20.3 Å². The van der Waals surface area contributed by atoms with Crippen molar-refractivity contribution in [3.05, 3.63) is 29.8 Å². The van der Waals surface area contributed by atoms with Crippen molar-refractivity contribution in [1.29, 1.82) is 0 Å². The number of Topliss-reactive ketones (excluding diaryl/α,β-unsaturated/α-hetero) is 1. The van der Waals surface area contributed by atoms with Gasteiger partial charge in [-0.2, -0.15) is 0 Å². The fourth-order valence-electron chi connectivity index (χ4n) is 2.17. The second-order valence-corrected chi connectivity index (χ2v) is 4.65. The number of fused-ring (bicyclic) bond motifs is 1. The van der Waals surface area contributed by atoms with Crippen LogP contribution in [-0.4, -0.2) is 18.9 Å². The van der Waals surface area contributed by atoms with Gasteiger partial charge >= 0.3 is 0 Å².